The molecule has 2 aliphatic rings. The lowest BCUT2D eigenvalue weighted by atomic mass is 9.82. The van der Waals surface area contributed by atoms with Gasteiger partial charge in [0.2, 0.25) is 0 Å². The smallest absolute Gasteiger partial charge is 0.336 e. The Morgan fingerprint density at radius 2 is 1.43 bits per heavy atom. The number of hydrogen-bond acceptors (Lipinski definition) is 6. The van der Waals surface area contributed by atoms with Gasteiger partial charge in [0, 0.05) is 18.4 Å². The summed E-state index contributed by atoms with van der Waals surface area (Å²) in [5, 5.41) is 0. The Morgan fingerprint density at radius 1 is 0.900 bits per heavy atom. The van der Waals surface area contributed by atoms with Crippen molar-refractivity contribution in [1.82, 2.24) is 4.90 Å². The minimum Gasteiger partial charge on any atom is -0.497 e. The van der Waals surface area contributed by atoms with Gasteiger partial charge in [-0.15, -0.1) is 0 Å². The molecule has 0 aromatic heterocycles. The number of nitrogens with zero attached hydrogens (tertiary/aromatic N) is 1. The molecule has 0 saturated heterocycles. The van der Waals surface area contributed by atoms with Crippen LogP contribution in [0.1, 0.15) is 57.4 Å². The highest BCUT2D eigenvalue weighted by atomic mass is 16.5. The number of carbonyl (C=O) groups excluding carboxylic acids is 2. The Labute approximate surface area is 178 Å². The molecule has 0 N–H and O–H groups in total. The van der Waals surface area contributed by atoms with Crippen LogP contribution in [-0.2, 0) is 19.1 Å². The predicted molar refractivity (Wildman–Crippen MR) is 114 cm³/mol. The number of methoxy groups -OCH3 is 1. The summed E-state index contributed by atoms with van der Waals surface area (Å²) in [5.74, 6) is -0.654. The second-order valence-electron chi connectivity index (χ2n) is 7.56. The zero-order chi connectivity index (χ0) is 21.5. The lowest BCUT2D eigenvalue weighted by molar-refractivity contribution is -0.139. The third kappa shape index (κ3) is 4.86. The topological polar surface area (TPSA) is 65.1 Å². The van der Waals surface area contributed by atoms with Gasteiger partial charge in [0.05, 0.1) is 37.4 Å². The fourth-order valence-corrected chi connectivity index (χ4v) is 4.19. The zero-order valence-corrected chi connectivity index (χ0v) is 18.1. The summed E-state index contributed by atoms with van der Waals surface area (Å²) >= 11 is 0. The minimum atomic E-state index is -0.547. The molecule has 6 nitrogen and oxygen atoms in total. The molecule has 0 atom stereocenters. The molecule has 6 heteroatoms. The van der Waals surface area contributed by atoms with Crippen molar-refractivity contribution in [3.05, 3.63) is 53.4 Å². The number of ether oxygens (including phenoxy) is 3. The predicted octanol–water partition coefficient (Wildman–Crippen LogP) is 4.32. The Hall–Kier alpha value is -2.76. The monoisotopic (exact) mass is 413 g/mol. The van der Waals surface area contributed by atoms with E-state index in [9.17, 15) is 9.59 Å². The van der Waals surface area contributed by atoms with Crippen LogP contribution >= 0.6 is 0 Å². The number of esters is 2. The first kappa shape index (κ1) is 21.9. The van der Waals surface area contributed by atoms with Crippen molar-refractivity contribution in [2.24, 2.45) is 0 Å². The lowest BCUT2D eigenvalue weighted by Gasteiger charge is -2.36. The van der Waals surface area contributed by atoms with Crippen LogP contribution in [0.15, 0.2) is 47.8 Å². The Bertz CT molecular complexity index is 769. The maximum Gasteiger partial charge on any atom is 0.336 e. The number of benzene rings is 1. The third-order valence-corrected chi connectivity index (χ3v) is 5.67. The fraction of sp³-hybridized carbons (Fsp3) is 0.500. The molecule has 162 valence electrons. The Morgan fingerprint density at radius 3 is 1.90 bits per heavy atom. The lowest BCUT2D eigenvalue weighted by Crippen LogP contribution is -2.35. The van der Waals surface area contributed by atoms with E-state index in [0.717, 1.165) is 31.2 Å². The average molecular weight is 414 g/mol. The minimum absolute atomic E-state index is 0.268. The molecule has 0 bridgehead atoms. The normalized spacial score (nSPS) is 17.8. The van der Waals surface area contributed by atoms with Gasteiger partial charge in [-0.1, -0.05) is 31.4 Å². The molecule has 0 spiro atoms. The molecule has 0 radical (unpaired) electrons. The summed E-state index contributed by atoms with van der Waals surface area (Å²) in [7, 11) is 1.60. The molecular formula is C24H31NO5. The van der Waals surface area contributed by atoms with E-state index in [0.29, 0.717) is 16.9 Å². The van der Waals surface area contributed by atoms with E-state index in [4.69, 9.17) is 14.2 Å². The second-order valence-corrected chi connectivity index (χ2v) is 7.56. The summed E-state index contributed by atoms with van der Waals surface area (Å²) in [4.78, 5) is 27.9. The van der Waals surface area contributed by atoms with Crippen molar-refractivity contribution < 1.29 is 23.8 Å². The van der Waals surface area contributed by atoms with Gasteiger partial charge in [-0.05, 0) is 44.4 Å². The van der Waals surface area contributed by atoms with E-state index in [1.807, 2.05) is 41.6 Å². The molecule has 0 unspecified atom stereocenters. The van der Waals surface area contributed by atoms with Crippen molar-refractivity contribution in [2.45, 2.75) is 57.9 Å². The van der Waals surface area contributed by atoms with E-state index < -0.39 is 17.9 Å². The first-order valence-corrected chi connectivity index (χ1v) is 10.8. The molecule has 1 aromatic carbocycles. The Kier molecular flexibility index (Phi) is 7.55. The van der Waals surface area contributed by atoms with E-state index in [1.54, 1.807) is 21.0 Å². The van der Waals surface area contributed by atoms with E-state index in [1.165, 1.54) is 6.42 Å². The van der Waals surface area contributed by atoms with Gasteiger partial charge in [-0.25, -0.2) is 9.59 Å². The van der Waals surface area contributed by atoms with Gasteiger partial charge in [-0.2, -0.15) is 0 Å². The maximum atomic E-state index is 12.9. The standard InChI is InChI=1S/C24H31NO5/c1-4-29-23(26)20-15-25(18-9-7-6-8-10-18)16-21(24(27)30-5-2)22(20)17-11-13-19(28-3)14-12-17/h11-16,18,22H,4-10H2,1-3H3. The third-order valence-electron chi connectivity index (χ3n) is 5.67. The van der Waals surface area contributed by atoms with Crippen LogP contribution in [0.5, 0.6) is 5.75 Å². The highest BCUT2D eigenvalue weighted by Crippen LogP contribution is 2.39. The van der Waals surface area contributed by atoms with Crippen molar-refractivity contribution in [2.75, 3.05) is 20.3 Å². The van der Waals surface area contributed by atoms with Gasteiger partial charge in [0.25, 0.3) is 0 Å². The molecule has 1 aliphatic heterocycles. The number of hydrogen-bond donors (Lipinski definition) is 0. The Balaban J connectivity index is 2.06. The summed E-state index contributed by atoms with van der Waals surface area (Å²) in [5.41, 5.74) is 1.73. The van der Waals surface area contributed by atoms with Crippen LogP contribution in [0.2, 0.25) is 0 Å². The van der Waals surface area contributed by atoms with Gasteiger partial charge in [0.1, 0.15) is 5.75 Å². The van der Waals surface area contributed by atoms with Crippen LogP contribution in [0.3, 0.4) is 0 Å². The summed E-state index contributed by atoms with van der Waals surface area (Å²) in [6.07, 6.45) is 9.32. The summed E-state index contributed by atoms with van der Waals surface area (Å²) < 4.78 is 16.0. The fourth-order valence-electron chi connectivity index (χ4n) is 4.19. The van der Waals surface area contributed by atoms with Crippen LogP contribution in [-0.4, -0.2) is 43.2 Å². The number of carbonyl (C=O) groups is 2. The second kappa shape index (κ2) is 10.3. The van der Waals surface area contributed by atoms with Gasteiger partial charge >= 0.3 is 11.9 Å². The van der Waals surface area contributed by atoms with Crippen LogP contribution in [0, 0.1) is 0 Å². The molecule has 1 aromatic rings. The van der Waals surface area contributed by atoms with Crippen LogP contribution in [0.4, 0.5) is 0 Å². The first-order valence-electron chi connectivity index (χ1n) is 10.8. The molecule has 3 rings (SSSR count). The van der Waals surface area contributed by atoms with Crippen molar-refractivity contribution in [1.29, 1.82) is 0 Å². The summed E-state index contributed by atoms with van der Waals surface area (Å²) in [6.45, 7) is 4.11. The highest BCUT2D eigenvalue weighted by molar-refractivity contribution is 5.98. The quantitative estimate of drug-likeness (QED) is 0.620. The van der Waals surface area contributed by atoms with Gasteiger partial charge in [-0.3, -0.25) is 0 Å². The molecule has 0 amide bonds. The van der Waals surface area contributed by atoms with Gasteiger partial charge in [0.15, 0.2) is 0 Å². The number of rotatable bonds is 7. The van der Waals surface area contributed by atoms with E-state index in [-0.39, 0.29) is 19.3 Å². The van der Waals surface area contributed by atoms with Crippen LogP contribution < -0.4 is 4.74 Å². The van der Waals surface area contributed by atoms with E-state index in [2.05, 4.69) is 0 Å². The first-order chi connectivity index (χ1) is 14.6. The van der Waals surface area contributed by atoms with Crippen molar-refractivity contribution in [3.8, 4) is 5.75 Å². The molecular weight excluding hydrogens is 382 g/mol. The summed E-state index contributed by atoms with van der Waals surface area (Å²) in [6, 6.07) is 7.67. The van der Waals surface area contributed by atoms with Crippen molar-refractivity contribution in [3.63, 3.8) is 0 Å². The largest absolute Gasteiger partial charge is 0.497 e. The highest BCUT2D eigenvalue weighted by Gasteiger charge is 2.37. The molecule has 1 aliphatic carbocycles. The molecule has 1 heterocycles. The SMILES string of the molecule is CCOC(=O)C1=CN(C2CCCCC2)C=C(C(=O)OCC)C1c1ccc(OC)cc1. The molecule has 30 heavy (non-hydrogen) atoms. The molecule has 1 fully saturated rings. The van der Waals surface area contributed by atoms with Crippen LogP contribution in [0.25, 0.3) is 0 Å². The van der Waals surface area contributed by atoms with E-state index >= 15 is 0 Å². The van der Waals surface area contributed by atoms with Crippen molar-refractivity contribution >= 4 is 11.9 Å². The average Bonchev–Trinajstić information content (AvgIpc) is 2.79. The molecule has 1 saturated carbocycles. The maximum absolute atomic E-state index is 12.9. The van der Waals surface area contributed by atoms with Gasteiger partial charge < -0.3 is 19.1 Å². The zero-order valence-electron chi connectivity index (χ0n) is 18.1.